The summed E-state index contributed by atoms with van der Waals surface area (Å²) in [5.41, 5.74) is 1.00. The maximum absolute atomic E-state index is 9.07. The largest absolute Gasteiger partial charge is 0.396 e. The van der Waals surface area contributed by atoms with Gasteiger partial charge in [0.1, 0.15) is 0 Å². The van der Waals surface area contributed by atoms with Crippen LogP contribution in [0.2, 0.25) is 0 Å². The van der Waals surface area contributed by atoms with Crippen LogP contribution < -0.4 is 5.32 Å². The molecule has 0 saturated heterocycles. The lowest BCUT2D eigenvalue weighted by Crippen LogP contribution is -2.43. The molecule has 2 rings (SSSR count). The minimum atomic E-state index is 0.356. The Kier molecular flexibility index (Phi) is 3.84. The second kappa shape index (κ2) is 4.89. The van der Waals surface area contributed by atoms with Gasteiger partial charge in [-0.05, 0) is 55.3 Å². The summed E-state index contributed by atoms with van der Waals surface area (Å²) < 4.78 is 0. The molecule has 0 spiro atoms. The normalized spacial score (nSPS) is 34.6. The van der Waals surface area contributed by atoms with E-state index >= 15 is 0 Å². The van der Waals surface area contributed by atoms with Crippen molar-refractivity contribution in [3.63, 3.8) is 0 Å². The van der Waals surface area contributed by atoms with Gasteiger partial charge < -0.3 is 10.4 Å². The smallest absolute Gasteiger partial charge is 0.0436 e. The van der Waals surface area contributed by atoms with Crippen LogP contribution in [0.1, 0.15) is 59.3 Å². The molecule has 17 heavy (non-hydrogen) atoms. The maximum Gasteiger partial charge on any atom is 0.0436 e. The highest BCUT2D eigenvalue weighted by molar-refractivity contribution is 4.96. The van der Waals surface area contributed by atoms with Gasteiger partial charge in [-0.3, -0.25) is 0 Å². The van der Waals surface area contributed by atoms with Crippen molar-refractivity contribution in [2.45, 2.75) is 65.3 Å². The van der Waals surface area contributed by atoms with Crippen molar-refractivity contribution in [1.29, 1.82) is 0 Å². The molecule has 2 N–H and O–H groups in total. The first-order valence-electron chi connectivity index (χ1n) is 7.31. The summed E-state index contributed by atoms with van der Waals surface area (Å²) in [5, 5.41) is 12.9. The van der Waals surface area contributed by atoms with Crippen LogP contribution in [0.15, 0.2) is 0 Å². The average molecular weight is 239 g/mol. The van der Waals surface area contributed by atoms with E-state index in [0.717, 1.165) is 18.9 Å². The van der Waals surface area contributed by atoms with Gasteiger partial charge >= 0.3 is 0 Å². The van der Waals surface area contributed by atoms with Crippen molar-refractivity contribution in [3.05, 3.63) is 0 Å². The second-order valence-electron chi connectivity index (χ2n) is 7.35. The quantitative estimate of drug-likeness (QED) is 0.773. The minimum Gasteiger partial charge on any atom is -0.396 e. The summed E-state index contributed by atoms with van der Waals surface area (Å²) in [6, 6.07) is 0.708. The summed E-state index contributed by atoms with van der Waals surface area (Å²) in [6.45, 7) is 8.67. The Morgan fingerprint density at radius 2 is 1.94 bits per heavy atom. The standard InChI is InChI=1S/C15H29NO/c1-12-10-14(2,3)5-4-13(12)16-11-15(6-7-15)8-9-17/h12-13,16-17H,4-11H2,1-3H3. The van der Waals surface area contributed by atoms with Crippen LogP contribution >= 0.6 is 0 Å². The lowest BCUT2D eigenvalue weighted by Gasteiger charge is -2.40. The molecule has 2 nitrogen and oxygen atoms in total. The molecule has 2 aliphatic carbocycles. The van der Waals surface area contributed by atoms with E-state index in [2.05, 4.69) is 26.1 Å². The van der Waals surface area contributed by atoms with E-state index in [1.54, 1.807) is 0 Å². The molecule has 0 aromatic carbocycles. The number of aliphatic hydroxyl groups excluding tert-OH is 1. The number of hydrogen-bond acceptors (Lipinski definition) is 2. The fourth-order valence-corrected chi connectivity index (χ4v) is 3.53. The molecule has 0 aliphatic heterocycles. The van der Waals surface area contributed by atoms with Crippen molar-refractivity contribution < 1.29 is 5.11 Å². The lowest BCUT2D eigenvalue weighted by molar-refractivity contribution is 0.142. The molecule has 2 saturated carbocycles. The highest BCUT2D eigenvalue weighted by Gasteiger charge is 2.42. The van der Waals surface area contributed by atoms with Gasteiger partial charge in [0.05, 0.1) is 0 Å². The Morgan fingerprint density at radius 1 is 1.24 bits per heavy atom. The fraction of sp³-hybridized carbons (Fsp3) is 1.00. The molecular weight excluding hydrogens is 210 g/mol. The topological polar surface area (TPSA) is 32.3 Å². The number of nitrogens with one attached hydrogen (secondary N) is 1. The first kappa shape index (κ1) is 13.4. The predicted octanol–water partition coefficient (Wildman–Crippen LogP) is 2.95. The minimum absolute atomic E-state index is 0.356. The molecule has 2 fully saturated rings. The van der Waals surface area contributed by atoms with Crippen LogP contribution in [0.4, 0.5) is 0 Å². The van der Waals surface area contributed by atoms with Crippen LogP contribution in [0.5, 0.6) is 0 Å². The van der Waals surface area contributed by atoms with Crippen molar-refractivity contribution in [3.8, 4) is 0 Å². The van der Waals surface area contributed by atoms with Crippen molar-refractivity contribution in [1.82, 2.24) is 5.32 Å². The van der Waals surface area contributed by atoms with Gasteiger partial charge in [-0.15, -0.1) is 0 Å². The third kappa shape index (κ3) is 3.45. The molecule has 0 aromatic rings. The zero-order valence-electron chi connectivity index (χ0n) is 11.8. The Bertz CT molecular complexity index is 258. The van der Waals surface area contributed by atoms with E-state index in [0.29, 0.717) is 23.5 Å². The van der Waals surface area contributed by atoms with Crippen molar-refractivity contribution in [2.24, 2.45) is 16.7 Å². The van der Waals surface area contributed by atoms with E-state index < -0.39 is 0 Å². The molecule has 2 aliphatic rings. The maximum atomic E-state index is 9.07. The van der Waals surface area contributed by atoms with E-state index in [-0.39, 0.29) is 0 Å². The summed E-state index contributed by atoms with van der Waals surface area (Å²) >= 11 is 0. The molecule has 0 heterocycles. The van der Waals surface area contributed by atoms with E-state index in [1.807, 2.05) is 0 Å². The molecule has 2 heteroatoms. The Morgan fingerprint density at radius 3 is 2.47 bits per heavy atom. The van der Waals surface area contributed by atoms with Crippen LogP contribution in [-0.4, -0.2) is 24.3 Å². The van der Waals surface area contributed by atoms with Crippen LogP contribution in [0.25, 0.3) is 0 Å². The Hall–Kier alpha value is -0.0800. The van der Waals surface area contributed by atoms with Crippen molar-refractivity contribution in [2.75, 3.05) is 13.2 Å². The summed E-state index contributed by atoms with van der Waals surface area (Å²) in [6.07, 6.45) is 7.63. The third-order valence-electron chi connectivity index (χ3n) is 5.03. The number of hydrogen-bond donors (Lipinski definition) is 2. The van der Waals surface area contributed by atoms with Gasteiger partial charge in [-0.1, -0.05) is 20.8 Å². The molecular formula is C15H29NO. The van der Waals surface area contributed by atoms with E-state index in [1.165, 1.54) is 32.1 Å². The van der Waals surface area contributed by atoms with Crippen LogP contribution in [0.3, 0.4) is 0 Å². The van der Waals surface area contributed by atoms with Gasteiger partial charge in [-0.25, -0.2) is 0 Å². The van der Waals surface area contributed by atoms with Gasteiger partial charge in [0.2, 0.25) is 0 Å². The second-order valence-corrected chi connectivity index (χ2v) is 7.35. The summed E-state index contributed by atoms with van der Waals surface area (Å²) in [5.74, 6) is 0.795. The summed E-state index contributed by atoms with van der Waals surface area (Å²) in [7, 11) is 0. The Balaban J connectivity index is 1.77. The SMILES string of the molecule is CC1CC(C)(C)CCC1NCC1(CCO)CC1. The van der Waals surface area contributed by atoms with Crippen molar-refractivity contribution >= 4 is 0 Å². The molecule has 2 atom stereocenters. The van der Waals surface area contributed by atoms with E-state index in [9.17, 15) is 0 Å². The highest BCUT2D eigenvalue weighted by atomic mass is 16.3. The number of aliphatic hydroxyl groups is 1. The van der Waals surface area contributed by atoms with Gasteiger partial charge in [0.15, 0.2) is 0 Å². The van der Waals surface area contributed by atoms with E-state index in [4.69, 9.17) is 5.11 Å². The molecule has 2 unspecified atom stereocenters. The van der Waals surface area contributed by atoms with Crippen LogP contribution in [-0.2, 0) is 0 Å². The Labute approximate surface area is 106 Å². The highest BCUT2D eigenvalue weighted by Crippen LogP contribution is 2.48. The first-order valence-corrected chi connectivity index (χ1v) is 7.31. The van der Waals surface area contributed by atoms with Gasteiger partial charge in [0, 0.05) is 19.2 Å². The van der Waals surface area contributed by atoms with Gasteiger partial charge in [0.25, 0.3) is 0 Å². The molecule has 0 radical (unpaired) electrons. The fourth-order valence-electron chi connectivity index (χ4n) is 3.53. The lowest BCUT2D eigenvalue weighted by atomic mass is 9.70. The zero-order chi connectivity index (χ0) is 12.5. The summed E-state index contributed by atoms with van der Waals surface area (Å²) in [4.78, 5) is 0. The molecule has 0 bridgehead atoms. The zero-order valence-corrected chi connectivity index (χ0v) is 11.8. The molecule has 100 valence electrons. The third-order valence-corrected chi connectivity index (χ3v) is 5.03. The monoisotopic (exact) mass is 239 g/mol. The number of rotatable bonds is 5. The predicted molar refractivity (Wildman–Crippen MR) is 72.0 cm³/mol. The molecule has 0 amide bonds. The van der Waals surface area contributed by atoms with Gasteiger partial charge in [-0.2, -0.15) is 0 Å². The van der Waals surface area contributed by atoms with Crippen LogP contribution in [0, 0.1) is 16.7 Å². The first-order chi connectivity index (χ1) is 7.96. The molecule has 0 aromatic heterocycles. The average Bonchev–Trinajstić information content (AvgIpc) is 2.96.